The second kappa shape index (κ2) is 9.31. The van der Waals surface area contributed by atoms with Crippen LogP contribution in [-0.2, 0) is 19.3 Å². The second-order valence-corrected chi connectivity index (χ2v) is 9.18. The second-order valence-electron chi connectivity index (χ2n) is 7.71. The molecule has 4 rings (SSSR count). The number of fused-ring (bicyclic) bond motifs is 1. The average molecular weight is 514 g/mol. The summed E-state index contributed by atoms with van der Waals surface area (Å²) in [6.45, 7) is 3.83. The van der Waals surface area contributed by atoms with Crippen LogP contribution < -0.4 is 10.6 Å². The Morgan fingerprint density at radius 1 is 1.15 bits per heavy atom. The van der Waals surface area contributed by atoms with Crippen molar-refractivity contribution in [3.63, 3.8) is 0 Å². The number of imidazole rings is 1. The molecule has 3 aromatic heterocycles. The summed E-state index contributed by atoms with van der Waals surface area (Å²) in [6.07, 6.45) is -1.04. The van der Waals surface area contributed by atoms with Crippen LogP contribution in [0.2, 0.25) is 5.02 Å². The summed E-state index contributed by atoms with van der Waals surface area (Å²) in [4.78, 5) is 39.7. The molecule has 2 amide bonds. The molecular formula is C20H19ClF3N7O2S. The topological polar surface area (TPSA) is 105 Å². The molecule has 4 heterocycles. The monoisotopic (exact) mass is 513 g/mol. The number of amides is 2. The maximum absolute atomic E-state index is 13.0. The van der Waals surface area contributed by atoms with Crippen LogP contribution in [0.15, 0.2) is 24.7 Å². The summed E-state index contributed by atoms with van der Waals surface area (Å²) in [5.74, 6) is -0.486. The number of hydrogen-bond donors (Lipinski definition) is 2. The molecule has 0 bridgehead atoms. The summed E-state index contributed by atoms with van der Waals surface area (Å²) in [5, 5.41) is 5.04. The first-order valence-corrected chi connectivity index (χ1v) is 11.3. The third-order valence-corrected chi connectivity index (χ3v) is 6.64. The molecule has 9 nitrogen and oxygen atoms in total. The van der Waals surface area contributed by atoms with Crippen molar-refractivity contribution in [3.05, 3.63) is 56.6 Å². The van der Waals surface area contributed by atoms with Gasteiger partial charge in [0.1, 0.15) is 27.2 Å². The number of rotatable bonds is 5. The van der Waals surface area contributed by atoms with Gasteiger partial charge in [0.2, 0.25) is 0 Å². The Bertz CT molecular complexity index is 1240. The molecule has 0 aromatic carbocycles. The number of thiazole rings is 1. The number of aromatic nitrogens is 4. The summed E-state index contributed by atoms with van der Waals surface area (Å²) in [6, 6.07) is 0.150. The number of halogens is 4. The molecule has 1 atom stereocenters. The van der Waals surface area contributed by atoms with Gasteiger partial charge in [-0.3, -0.25) is 14.5 Å². The fourth-order valence-corrected chi connectivity index (χ4v) is 4.42. The molecule has 1 aliphatic rings. The van der Waals surface area contributed by atoms with E-state index in [1.807, 2.05) is 11.6 Å². The highest BCUT2D eigenvalue weighted by molar-refractivity contribution is 7.13. The number of pyridine rings is 1. The highest BCUT2D eigenvalue weighted by Crippen LogP contribution is 2.35. The maximum atomic E-state index is 13.0. The quantitative estimate of drug-likeness (QED) is 0.540. The number of carbonyl (C=O) groups excluding carboxylic acids is 2. The van der Waals surface area contributed by atoms with Gasteiger partial charge < -0.3 is 15.2 Å². The first kappa shape index (κ1) is 24.1. The summed E-state index contributed by atoms with van der Waals surface area (Å²) in [7, 11) is 1.98. The highest BCUT2D eigenvalue weighted by atomic mass is 35.5. The van der Waals surface area contributed by atoms with Crippen molar-refractivity contribution in [2.75, 3.05) is 18.9 Å². The van der Waals surface area contributed by atoms with Gasteiger partial charge in [-0.15, -0.1) is 11.3 Å². The van der Waals surface area contributed by atoms with Crippen LogP contribution in [0, 0.1) is 0 Å². The minimum Gasteiger partial charge on any atom is -0.342 e. The van der Waals surface area contributed by atoms with Crippen molar-refractivity contribution < 1.29 is 22.8 Å². The lowest BCUT2D eigenvalue weighted by atomic mass is 10.2. The third kappa shape index (κ3) is 5.05. The van der Waals surface area contributed by atoms with Crippen molar-refractivity contribution in [3.8, 4) is 0 Å². The minimum atomic E-state index is -4.69. The Balaban J connectivity index is 1.42. The zero-order valence-corrected chi connectivity index (χ0v) is 19.6. The molecule has 1 aliphatic heterocycles. The molecule has 180 valence electrons. The van der Waals surface area contributed by atoms with E-state index in [9.17, 15) is 22.8 Å². The first-order valence-electron chi connectivity index (χ1n) is 10.1. The Labute approximate surface area is 201 Å². The third-order valence-electron chi connectivity index (χ3n) is 5.16. The Kier molecular flexibility index (Phi) is 6.60. The van der Waals surface area contributed by atoms with Crippen LogP contribution in [0.3, 0.4) is 0 Å². The number of hydrogen-bond acceptors (Lipinski definition) is 7. The average Bonchev–Trinajstić information content (AvgIpc) is 3.41. The molecule has 0 spiro atoms. The normalized spacial score (nSPS) is 15.0. The Morgan fingerprint density at radius 3 is 2.65 bits per heavy atom. The van der Waals surface area contributed by atoms with Crippen molar-refractivity contribution in [1.29, 1.82) is 0 Å². The van der Waals surface area contributed by atoms with Gasteiger partial charge in [0.05, 0.1) is 35.6 Å². The van der Waals surface area contributed by atoms with E-state index in [2.05, 4.69) is 30.5 Å². The van der Waals surface area contributed by atoms with Crippen LogP contribution in [0.25, 0.3) is 0 Å². The highest BCUT2D eigenvalue weighted by Gasteiger charge is 2.34. The zero-order chi connectivity index (χ0) is 24.6. The molecule has 2 N–H and O–H groups in total. The summed E-state index contributed by atoms with van der Waals surface area (Å²) in [5.41, 5.74) is -0.659. The fourth-order valence-electron chi connectivity index (χ4n) is 3.39. The lowest BCUT2D eigenvalue weighted by Crippen LogP contribution is -2.34. The molecular weight excluding hydrogens is 495 g/mol. The van der Waals surface area contributed by atoms with Crippen LogP contribution in [0.1, 0.15) is 49.5 Å². The van der Waals surface area contributed by atoms with E-state index in [1.54, 1.807) is 6.92 Å². The molecule has 0 saturated carbocycles. The van der Waals surface area contributed by atoms with Gasteiger partial charge in [0.25, 0.3) is 11.8 Å². The minimum absolute atomic E-state index is 0.145. The zero-order valence-electron chi connectivity index (χ0n) is 18.0. The number of alkyl halides is 3. The van der Waals surface area contributed by atoms with E-state index < -0.39 is 28.7 Å². The van der Waals surface area contributed by atoms with Crippen molar-refractivity contribution >= 4 is 40.6 Å². The molecule has 0 saturated heterocycles. The van der Waals surface area contributed by atoms with Crippen molar-refractivity contribution in [2.24, 2.45) is 0 Å². The lowest BCUT2D eigenvalue weighted by molar-refractivity contribution is -0.137. The van der Waals surface area contributed by atoms with E-state index in [0.717, 1.165) is 29.9 Å². The van der Waals surface area contributed by atoms with Gasteiger partial charge in [0, 0.05) is 19.3 Å². The van der Waals surface area contributed by atoms with Gasteiger partial charge in [-0.2, -0.15) is 13.2 Å². The SMILES string of the molecule is CC(NC(=O)c1cnc2n1CCN(C)C2)c1ncc(C(=O)Nc2cc(C(F)(F)F)c(Cl)cn2)s1. The van der Waals surface area contributed by atoms with E-state index in [1.165, 1.54) is 12.4 Å². The largest absolute Gasteiger partial charge is 0.418 e. The predicted molar refractivity (Wildman–Crippen MR) is 119 cm³/mol. The molecule has 1 unspecified atom stereocenters. The summed E-state index contributed by atoms with van der Waals surface area (Å²) < 4.78 is 40.9. The van der Waals surface area contributed by atoms with Crippen LogP contribution in [-0.4, -0.2) is 49.8 Å². The predicted octanol–water partition coefficient (Wildman–Crippen LogP) is 3.60. The Morgan fingerprint density at radius 2 is 1.91 bits per heavy atom. The van der Waals surface area contributed by atoms with Crippen LogP contribution in [0.5, 0.6) is 0 Å². The molecule has 0 radical (unpaired) electrons. The molecule has 0 aliphatic carbocycles. The number of anilines is 1. The molecule has 3 aromatic rings. The van der Waals surface area contributed by atoms with Crippen LogP contribution in [0.4, 0.5) is 19.0 Å². The van der Waals surface area contributed by atoms with Crippen molar-refractivity contribution in [2.45, 2.75) is 32.2 Å². The maximum Gasteiger partial charge on any atom is 0.418 e. The summed E-state index contributed by atoms with van der Waals surface area (Å²) >= 11 is 6.56. The van der Waals surface area contributed by atoms with Gasteiger partial charge in [-0.05, 0) is 20.0 Å². The number of nitrogens with zero attached hydrogens (tertiary/aromatic N) is 5. The fraction of sp³-hybridized carbons (Fsp3) is 0.350. The standard InChI is InChI=1S/C20H19ClF3N7O2S/c1-10(28-17(32)13-7-26-16-9-30(2)3-4-31(13)16)19-27-8-14(34-19)18(33)29-15-5-11(20(22,23)24)12(21)6-25-15/h5-8,10H,3-4,9H2,1-2H3,(H,28,32)(H,25,29,33). The Hall–Kier alpha value is -3.03. The van der Waals surface area contributed by atoms with E-state index in [-0.39, 0.29) is 16.6 Å². The van der Waals surface area contributed by atoms with Gasteiger partial charge in [-0.1, -0.05) is 11.6 Å². The van der Waals surface area contributed by atoms with E-state index >= 15 is 0 Å². The van der Waals surface area contributed by atoms with Crippen molar-refractivity contribution in [1.82, 2.24) is 29.7 Å². The number of nitrogens with one attached hydrogen (secondary N) is 2. The molecule has 14 heteroatoms. The smallest absolute Gasteiger partial charge is 0.342 e. The number of carbonyl (C=O) groups is 2. The number of likely N-dealkylation sites (N-methyl/N-ethyl adjacent to an activating group) is 1. The molecule has 0 fully saturated rings. The van der Waals surface area contributed by atoms with Gasteiger partial charge in [0.15, 0.2) is 0 Å². The van der Waals surface area contributed by atoms with Crippen LogP contribution >= 0.6 is 22.9 Å². The van der Waals surface area contributed by atoms with Gasteiger partial charge in [-0.25, -0.2) is 15.0 Å². The van der Waals surface area contributed by atoms with Gasteiger partial charge >= 0.3 is 6.18 Å². The van der Waals surface area contributed by atoms with E-state index in [4.69, 9.17) is 11.6 Å². The lowest BCUT2D eigenvalue weighted by Gasteiger charge is -2.24. The first-order chi connectivity index (χ1) is 16.0. The van der Waals surface area contributed by atoms with E-state index in [0.29, 0.717) is 29.9 Å². The molecule has 34 heavy (non-hydrogen) atoms.